The van der Waals surface area contributed by atoms with Crippen molar-refractivity contribution in [2.75, 3.05) is 7.11 Å². The van der Waals surface area contributed by atoms with Gasteiger partial charge in [0.25, 0.3) is 0 Å². The second-order valence-electron chi connectivity index (χ2n) is 3.97. The first-order valence-electron chi connectivity index (χ1n) is 5.65. The second-order valence-corrected chi connectivity index (χ2v) is 5.45. The predicted molar refractivity (Wildman–Crippen MR) is 69.1 cm³/mol. The molecule has 2 aromatic carbocycles. The van der Waals surface area contributed by atoms with E-state index in [1.165, 1.54) is 19.2 Å². The third-order valence-corrected chi connectivity index (χ3v) is 4.07. The molecule has 1 atom stereocenters. The number of ether oxygens (including phenoxy) is 1. The van der Waals surface area contributed by atoms with E-state index in [2.05, 4.69) is 0 Å². The zero-order valence-electron chi connectivity index (χ0n) is 10.5. The molecule has 2 aromatic rings. The first kappa shape index (κ1) is 14.6. The van der Waals surface area contributed by atoms with Gasteiger partial charge in [0.05, 0.1) is 23.5 Å². The molecule has 0 aliphatic rings. The Morgan fingerprint density at radius 3 is 1.75 bits per heavy atom. The minimum absolute atomic E-state index is 0.322. The molecule has 2 nitrogen and oxygen atoms in total. The van der Waals surface area contributed by atoms with Gasteiger partial charge >= 0.3 is 6.18 Å². The molecule has 20 heavy (non-hydrogen) atoms. The normalized spacial score (nSPS) is 13.0. The van der Waals surface area contributed by atoms with Crippen LogP contribution in [0.5, 0.6) is 5.75 Å². The summed E-state index contributed by atoms with van der Waals surface area (Å²) >= 11 is 0. The topological polar surface area (TPSA) is 26.3 Å². The van der Waals surface area contributed by atoms with Crippen LogP contribution in [0.3, 0.4) is 0 Å². The minimum Gasteiger partial charge on any atom is -0.497 e. The van der Waals surface area contributed by atoms with Gasteiger partial charge in [-0.05, 0) is 48.5 Å². The lowest BCUT2D eigenvalue weighted by molar-refractivity contribution is -0.137. The van der Waals surface area contributed by atoms with Crippen molar-refractivity contribution >= 4 is 10.8 Å². The molecule has 106 valence electrons. The molecule has 0 aliphatic carbocycles. The minimum atomic E-state index is -4.39. The Morgan fingerprint density at radius 1 is 0.900 bits per heavy atom. The van der Waals surface area contributed by atoms with Crippen LogP contribution in [0, 0.1) is 0 Å². The summed E-state index contributed by atoms with van der Waals surface area (Å²) in [6.07, 6.45) is -4.39. The Labute approximate surface area is 116 Å². The van der Waals surface area contributed by atoms with E-state index in [0.717, 1.165) is 12.1 Å². The lowest BCUT2D eigenvalue weighted by atomic mass is 10.2. The number of benzene rings is 2. The van der Waals surface area contributed by atoms with E-state index >= 15 is 0 Å². The first-order chi connectivity index (χ1) is 9.41. The molecule has 0 aromatic heterocycles. The van der Waals surface area contributed by atoms with Gasteiger partial charge in [0.15, 0.2) is 0 Å². The van der Waals surface area contributed by atoms with Crippen LogP contribution < -0.4 is 4.74 Å². The van der Waals surface area contributed by atoms with Gasteiger partial charge in [-0.25, -0.2) is 4.21 Å². The zero-order chi connectivity index (χ0) is 14.8. The molecule has 0 bridgehead atoms. The summed E-state index contributed by atoms with van der Waals surface area (Å²) in [6, 6.07) is 10.8. The highest BCUT2D eigenvalue weighted by molar-refractivity contribution is 7.85. The smallest absolute Gasteiger partial charge is 0.416 e. The lowest BCUT2D eigenvalue weighted by Gasteiger charge is -2.08. The fourth-order valence-electron chi connectivity index (χ4n) is 1.60. The standard InChI is InChI=1S/C14H11F3O2S/c1-19-11-4-8-13(9-5-11)20(18)12-6-2-10(3-7-12)14(15,16)17/h2-9H,1H3. The van der Waals surface area contributed by atoms with Crippen molar-refractivity contribution < 1.29 is 22.1 Å². The lowest BCUT2D eigenvalue weighted by Crippen LogP contribution is -2.04. The van der Waals surface area contributed by atoms with E-state index in [1.807, 2.05) is 0 Å². The van der Waals surface area contributed by atoms with E-state index < -0.39 is 22.5 Å². The fourth-order valence-corrected chi connectivity index (χ4v) is 2.64. The van der Waals surface area contributed by atoms with Crippen molar-refractivity contribution in [2.24, 2.45) is 0 Å². The number of hydrogen-bond donors (Lipinski definition) is 0. The van der Waals surface area contributed by atoms with Gasteiger partial charge in [-0.15, -0.1) is 0 Å². The van der Waals surface area contributed by atoms with E-state index in [0.29, 0.717) is 15.5 Å². The maximum Gasteiger partial charge on any atom is 0.416 e. The zero-order valence-corrected chi connectivity index (χ0v) is 11.3. The molecule has 0 aliphatic heterocycles. The molecule has 0 N–H and O–H groups in total. The molecule has 0 spiro atoms. The number of rotatable bonds is 3. The van der Waals surface area contributed by atoms with Crippen LogP contribution in [0.25, 0.3) is 0 Å². The van der Waals surface area contributed by atoms with E-state index in [-0.39, 0.29) is 0 Å². The van der Waals surface area contributed by atoms with Crippen molar-refractivity contribution in [1.29, 1.82) is 0 Å². The molecular formula is C14H11F3O2S. The summed E-state index contributed by atoms with van der Waals surface area (Å²) in [7, 11) is 0.000701. The first-order valence-corrected chi connectivity index (χ1v) is 6.80. The monoisotopic (exact) mass is 300 g/mol. The van der Waals surface area contributed by atoms with Gasteiger partial charge in [-0.3, -0.25) is 0 Å². The summed E-state index contributed by atoms with van der Waals surface area (Å²) in [4.78, 5) is 0.828. The molecule has 0 amide bonds. The number of hydrogen-bond acceptors (Lipinski definition) is 2. The van der Waals surface area contributed by atoms with Crippen LogP contribution in [-0.2, 0) is 17.0 Å². The summed E-state index contributed by atoms with van der Waals surface area (Å²) in [5, 5.41) is 0. The van der Waals surface area contributed by atoms with Crippen molar-refractivity contribution in [3.8, 4) is 5.75 Å². The molecule has 2 rings (SSSR count). The highest BCUT2D eigenvalue weighted by Gasteiger charge is 2.30. The van der Waals surface area contributed by atoms with Gasteiger partial charge in [0, 0.05) is 9.79 Å². The van der Waals surface area contributed by atoms with Crippen LogP contribution in [-0.4, -0.2) is 11.3 Å². The largest absolute Gasteiger partial charge is 0.497 e. The average Bonchev–Trinajstić information content (AvgIpc) is 2.46. The van der Waals surface area contributed by atoms with Crippen molar-refractivity contribution in [3.63, 3.8) is 0 Å². The van der Waals surface area contributed by atoms with Crippen LogP contribution in [0.1, 0.15) is 5.56 Å². The predicted octanol–water partition coefficient (Wildman–Crippen LogP) is 3.88. The Balaban J connectivity index is 2.24. The van der Waals surface area contributed by atoms with Crippen LogP contribution in [0.4, 0.5) is 13.2 Å². The fraction of sp³-hybridized carbons (Fsp3) is 0.143. The van der Waals surface area contributed by atoms with Gasteiger partial charge in [-0.2, -0.15) is 13.2 Å². The average molecular weight is 300 g/mol. The summed E-state index contributed by atoms with van der Waals surface area (Å²) in [5.74, 6) is 0.623. The summed E-state index contributed by atoms with van der Waals surface area (Å²) in [6.45, 7) is 0. The molecule has 0 saturated carbocycles. The van der Waals surface area contributed by atoms with Crippen LogP contribution in [0.2, 0.25) is 0 Å². The molecule has 0 heterocycles. The number of alkyl halides is 3. The van der Waals surface area contributed by atoms with Gasteiger partial charge in [0.1, 0.15) is 5.75 Å². The van der Waals surface area contributed by atoms with Gasteiger partial charge < -0.3 is 4.74 Å². The molecule has 0 radical (unpaired) electrons. The molecular weight excluding hydrogens is 289 g/mol. The van der Waals surface area contributed by atoms with Gasteiger partial charge in [0.2, 0.25) is 0 Å². The van der Waals surface area contributed by atoms with Crippen LogP contribution >= 0.6 is 0 Å². The van der Waals surface area contributed by atoms with Crippen LogP contribution in [0.15, 0.2) is 58.3 Å². The quantitative estimate of drug-likeness (QED) is 0.860. The highest BCUT2D eigenvalue weighted by Crippen LogP contribution is 2.30. The summed E-state index contributed by atoms with van der Waals surface area (Å²) in [5.41, 5.74) is -0.756. The maximum atomic E-state index is 12.4. The SMILES string of the molecule is COc1ccc(S(=O)c2ccc(C(F)(F)F)cc2)cc1. The Morgan fingerprint density at radius 2 is 1.35 bits per heavy atom. The van der Waals surface area contributed by atoms with Crippen molar-refractivity contribution in [2.45, 2.75) is 16.0 Å². The summed E-state index contributed by atoms with van der Waals surface area (Å²) < 4.78 is 54.5. The maximum absolute atomic E-state index is 12.4. The molecule has 0 saturated heterocycles. The second kappa shape index (κ2) is 5.66. The Kier molecular flexibility index (Phi) is 4.13. The Bertz CT molecular complexity index is 604. The van der Waals surface area contributed by atoms with E-state index in [1.54, 1.807) is 24.3 Å². The third kappa shape index (κ3) is 3.19. The third-order valence-electron chi connectivity index (χ3n) is 2.67. The molecule has 6 heteroatoms. The highest BCUT2D eigenvalue weighted by atomic mass is 32.2. The molecule has 0 fully saturated rings. The Hall–Kier alpha value is -1.82. The van der Waals surface area contributed by atoms with Crippen molar-refractivity contribution in [3.05, 3.63) is 54.1 Å². The van der Waals surface area contributed by atoms with E-state index in [9.17, 15) is 17.4 Å². The van der Waals surface area contributed by atoms with Crippen molar-refractivity contribution in [1.82, 2.24) is 0 Å². The number of methoxy groups -OCH3 is 1. The number of halogens is 3. The molecule has 1 unspecified atom stereocenters. The van der Waals surface area contributed by atoms with E-state index in [4.69, 9.17) is 4.74 Å². The van der Waals surface area contributed by atoms with Gasteiger partial charge in [-0.1, -0.05) is 0 Å².